The van der Waals surface area contributed by atoms with Crippen molar-refractivity contribution in [1.29, 1.82) is 0 Å². The summed E-state index contributed by atoms with van der Waals surface area (Å²) >= 11 is 0. The van der Waals surface area contributed by atoms with Crippen molar-refractivity contribution in [2.24, 2.45) is 7.05 Å². The first-order valence-corrected chi connectivity index (χ1v) is 5.21. The summed E-state index contributed by atoms with van der Waals surface area (Å²) in [6.45, 7) is 9.10. The van der Waals surface area contributed by atoms with Crippen molar-refractivity contribution in [1.82, 2.24) is 14.7 Å². The van der Waals surface area contributed by atoms with Crippen molar-refractivity contribution < 1.29 is 0 Å². The first kappa shape index (κ1) is 9.71. The number of aryl methyl sites for hydroxylation is 1. The molecule has 0 atom stereocenters. The third-order valence-electron chi connectivity index (χ3n) is 2.98. The molecular weight excluding hydrogens is 174 g/mol. The maximum absolute atomic E-state index is 4.44. The molecule has 78 valence electrons. The Bertz CT molecular complexity index is 316. The monoisotopic (exact) mass is 193 g/mol. The summed E-state index contributed by atoms with van der Waals surface area (Å²) in [5, 5.41) is 4.44. The highest BCUT2D eigenvalue weighted by atomic mass is 15.3. The average Bonchev–Trinajstić information content (AvgIpc) is 2.28. The summed E-state index contributed by atoms with van der Waals surface area (Å²) in [5.74, 6) is 0.649. The van der Waals surface area contributed by atoms with Crippen molar-refractivity contribution in [3.63, 3.8) is 0 Å². The fourth-order valence-electron chi connectivity index (χ4n) is 1.86. The summed E-state index contributed by atoms with van der Waals surface area (Å²) in [6, 6.07) is 2.13. The summed E-state index contributed by atoms with van der Waals surface area (Å²) in [4.78, 5) is 2.49. The summed E-state index contributed by atoms with van der Waals surface area (Å²) in [5.41, 5.74) is 1.55. The van der Waals surface area contributed by atoms with Gasteiger partial charge in [0.05, 0.1) is 5.69 Å². The van der Waals surface area contributed by atoms with Crippen LogP contribution in [0.5, 0.6) is 0 Å². The maximum Gasteiger partial charge on any atom is 0.0680 e. The number of hydrogen-bond donors (Lipinski definition) is 0. The first-order valence-electron chi connectivity index (χ1n) is 5.21. The molecule has 1 fully saturated rings. The van der Waals surface area contributed by atoms with Crippen LogP contribution in [-0.4, -0.2) is 33.3 Å². The maximum atomic E-state index is 4.44. The fourth-order valence-corrected chi connectivity index (χ4v) is 1.86. The van der Waals surface area contributed by atoms with Gasteiger partial charge in [-0.1, -0.05) is 0 Å². The van der Waals surface area contributed by atoms with Gasteiger partial charge >= 0.3 is 0 Å². The van der Waals surface area contributed by atoms with E-state index in [-0.39, 0.29) is 0 Å². The zero-order valence-electron chi connectivity index (χ0n) is 9.49. The van der Waals surface area contributed by atoms with Crippen LogP contribution in [-0.2, 0) is 7.05 Å². The molecule has 0 N–H and O–H groups in total. The van der Waals surface area contributed by atoms with Crippen LogP contribution in [0.2, 0.25) is 0 Å². The molecule has 2 heterocycles. The van der Waals surface area contributed by atoms with Crippen LogP contribution in [0.25, 0.3) is 0 Å². The van der Waals surface area contributed by atoms with E-state index in [0.717, 1.165) is 13.1 Å². The molecule has 0 amide bonds. The van der Waals surface area contributed by atoms with Gasteiger partial charge in [0.25, 0.3) is 0 Å². The SMILES string of the molecule is Cn1ccc(C2CN(C(C)(C)C)C2)n1. The molecule has 1 aliphatic rings. The van der Waals surface area contributed by atoms with E-state index in [4.69, 9.17) is 0 Å². The number of nitrogens with zero attached hydrogens (tertiary/aromatic N) is 3. The summed E-state index contributed by atoms with van der Waals surface area (Å²) in [6.07, 6.45) is 2.02. The normalized spacial score (nSPS) is 19.7. The Balaban J connectivity index is 1.95. The highest BCUT2D eigenvalue weighted by molar-refractivity contribution is 5.13. The van der Waals surface area contributed by atoms with Crippen LogP contribution in [0.1, 0.15) is 32.4 Å². The van der Waals surface area contributed by atoms with E-state index in [2.05, 4.69) is 36.8 Å². The highest BCUT2D eigenvalue weighted by Gasteiger charge is 2.35. The molecule has 3 heteroatoms. The van der Waals surface area contributed by atoms with Crippen LogP contribution < -0.4 is 0 Å². The van der Waals surface area contributed by atoms with Gasteiger partial charge in [-0.2, -0.15) is 5.10 Å². The molecule has 0 saturated carbocycles. The van der Waals surface area contributed by atoms with Gasteiger partial charge in [0.2, 0.25) is 0 Å². The van der Waals surface area contributed by atoms with Crippen LogP contribution >= 0.6 is 0 Å². The second-order valence-electron chi connectivity index (χ2n) is 5.19. The number of hydrogen-bond acceptors (Lipinski definition) is 2. The lowest BCUT2D eigenvalue weighted by Crippen LogP contribution is -2.54. The summed E-state index contributed by atoms with van der Waals surface area (Å²) < 4.78 is 1.88. The summed E-state index contributed by atoms with van der Waals surface area (Å²) in [7, 11) is 1.98. The fraction of sp³-hybridized carbons (Fsp3) is 0.727. The molecule has 1 aromatic heterocycles. The molecule has 3 nitrogen and oxygen atoms in total. The Labute approximate surface area is 85.7 Å². The lowest BCUT2D eigenvalue weighted by Gasteiger charge is -2.47. The lowest BCUT2D eigenvalue weighted by molar-refractivity contribution is 0.0454. The Morgan fingerprint density at radius 2 is 2.00 bits per heavy atom. The molecular formula is C11H19N3. The third-order valence-corrected chi connectivity index (χ3v) is 2.98. The van der Waals surface area contributed by atoms with E-state index in [1.807, 2.05) is 17.9 Å². The Morgan fingerprint density at radius 3 is 2.43 bits per heavy atom. The topological polar surface area (TPSA) is 21.1 Å². The van der Waals surface area contributed by atoms with Crippen LogP contribution in [0, 0.1) is 0 Å². The van der Waals surface area contributed by atoms with Gasteiger partial charge < -0.3 is 0 Å². The van der Waals surface area contributed by atoms with Gasteiger partial charge in [-0.05, 0) is 26.8 Å². The second-order valence-corrected chi connectivity index (χ2v) is 5.19. The van der Waals surface area contributed by atoms with Gasteiger partial charge in [0.15, 0.2) is 0 Å². The Hall–Kier alpha value is -0.830. The second kappa shape index (κ2) is 3.09. The van der Waals surface area contributed by atoms with Gasteiger partial charge in [-0.25, -0.2) is 0 Å². The molecule has 0 radical (unpaired) electrons. The lowest BCUT2D eigenvalue weighted by atomic mass is 9.90. The van der Waals surface area contributed by atoms with Crippen molar-refractivity contribution in [3.8, 4) is 0 Å². The zero-order chi connectivity index (χ0) is 10.3. The predicted molar refractivity (Wildman–Crippen MR) is 57.3 cm³/mol. The molecule has 0 unspecified atom stereocenters. The van der Waals surface area contributed by atoms with Crippen molar-refractivity contribution >= 4 is 0 Å². The average molecular weight is 193 g/mol. The van der Waals surface area contributed by atoms with Crippen molar-refractivity contribution in [2.45, 2.75) is 32.2 Å². The number of aromatic nitrogens is 2. The molecule has 1 aromatic rings. The minimum absolute atomic E-state index is 0.311. The molecule has 1 aliphatic heterocycles. The van der Waals surface area contributed by atoms with E-state index in [9.17, 15) is 0 Å². The molecule has 1 saturated heterocycles. The number of rotatable bonds is 1. The van der Waals surface area contributed by atoms with E-state index >= 15 is 0 Å². The Kier molecular flexibility index (Phi) is 2.14. The van der Waals surface area contributed by atoms with E-state index in [1.165, 1.54) is 5.69 Å². The van der Waals surface area contributed by atoms with Crippen LogP contribution in [0.3, 0.4) is 0 Å². The molecule has 2 rings (SSSR count). The zero-order valence-corrected chi connectivity index (χ0v) is 9.49. The van der Waals surface area contributed by atoms with Crippen molar-refractivity contribution in [3.05, 3.63) is 18.0 Å². The minimum Gasteiger partial charge on any atom is -0.297 e. The van der Waals surface area contributed by atoms with Gasteiger partial charge in [0, 0.05) is 37.8 Å². The molecule has 14 heavy (non-hydrogen) atoms. The molecule has 0 spiro atoms. The highest BCUT2D eigenvalue weighted by Crippen LogP contribution is 2.31. The third kappa shape index (κ3) is 1.69. The largest absolute Gasteiger partial charge is 0.297 e. The van der Waals surface area contributed by atoms with E-state index in [1.54, 1.807) is 0 Å². The smallest absolute Gasteiger partial charge is 0.0680 e. The van der Waals surface area contributed by atoms with E-state index in [0.29, 0.717) is 11.5 Å². The van der Waals surface area contributed by atoms with Crippen molar-refractivity contribution in [2.75, 3.05) is 13.1 Å². The van der Waals surface area contributed by atoms with Gasteiger partial charge in [-0.15, -0.1) is 0 Å². The molecule has 0 aliphatic carbocycles. The van der Waals surface area contributed by atoms with Gasteiger partial charge in [0.1, 0.15) is 0 Å². The van der Waals surface area contributed by atoms with Crippen LogP contribution in [0.4, 0.5) is 0 Å². The standard InChI is InChI=1S/C11H19N3/c1-11(2,3)14-7-9(8-14)10-5-6-13(4)12-10/h5-6,9H,7-8H2,1-4H3. The quantitative estimate of drug-likeness (QED) is 0.675. The number of likely N-dealkylation sites (tertiary alicyclic amines) is 1. The molecule has 0 aromatic carbocycles. The van der Waals surface area contributed by atoms with Gasteiger partial charge in [-0.3, -0.25) is 9.58 Å². The minimum atomic E-state index is 0.311. The first-order chi connectivity index (χ1) is 6.47. The van der Waals surface area contributed by atoms with Crippen LogP contribution in [0.15, 0.2) is 12.3 Å². The predicted octanol–water partition coefficient (Wildman–Crippen LogP) is 1.62. The Morgan fingerprint density at radius 1 is 1.36 bits per heavy atom. The molecule has 0 bridgehead atoms. The van der Waals surface area contributed by atoms with E-state index < -0.39 is 0 Å².